The normalized spacial score (nSPS) is 11.4. The molecule has 0 aliphatic heterocycles. The fourth-order valence-electron chi connectivity index (χ4n) is 1.72. The van der Waals surface area contributed by atoms with Crippen molar-refractivity contribution in [2.75, 3.05) is 12.3 Å². The number of nitrogen functional groups attached to an aromatic ring is 1. The molecule has 1 aromatic heterocycles. The van der Waals surface area contributed by atoms with Crippen LogP contribution in [0.3, 0.4) is 0 Å². The maximum absolute atomic E-state index is 12.7. The number of esters is 1. The second-order valence-electron chi connectivity index (χ2n) is 4.13. The lowest BCUT2D eigenvalue weighted by Gasteiger charge is -2.09. The highest BCUT2D eigenvalue weighted by Crippen LogP contribution is 2.30. The summed E-state index contributed by atoms with van der Waals surface area (Å²) in [4.78, 5) is 11.5. The summed E-state index contributed by atoms with van der Waals surface area (Å²) in [7, 11) is 0. The SMILES string of the molecule is CCOC(=O)c1cc(N)n(-c2cccc(C(F)(F)F)c2)n1. The lowest BCUT2D eigenvalue weighted by molar-refractivity contribution is -0.137. The van der Waals surface area contributed by atoms with Crippen LogP contribution in [0.5, 0.6) is 0 Å². The Balaban J connectivity index is 2.41. The molecule has 5 nitrogen and oxygen atoms in total. The molecule has 0 atom stereocenters. The standard InChI is InChI=1S/C13H12F3N3O2/c1-2-21-12(20)10-7-11(17)19(18-10)9-5-3-4-8(6-9)13(14,15)16/h3-7H,2,17H2,1H3. The van der Waals surface area contributed by atoms with E-state index in [4.69, 9.17) is 10.5 Å². The fraction of sp³-hybridized carbons (Fsp3) is 0.231. The van der Waals surface area contributed by atoms with Crippen molar-refractivity contribution in [3.05, 3.63) is 41.6 Å². The first-order valence-corrected chi connectivity index (χ1v) is 6.03. The molecule has 8 heteroatoms. The molecule has 0 aliphatic rings. The van der Waals surface area contributed by atoms with Crippen LogP contribution in [0.2, 0.25) is 0 Å². The van der Waals surface area contributed by atoms with E-state index in [9.17, 15) is 18.0 Å². The molecule has 0 spiro atoms. The zero-order valence-electron chi connectivity index (χ0n) is 11.0. The number of halogens is 3. The van der Waals surface area contributed by atoms with Crippen LogP contribution in [0.4, 0.5) is 19.0 Å². The van der Waals surface area contributed by atoms with E-state index in [1.165, 1.54) is 18.2 Å². The van der Waals surface area contributed by atoms with Crippen LogP contribution in [-0.2, 0) is 10.9 Å². The van der Waals surface area contributed by atoms with Gasteiger partial charge in [-0.05, 0) is 25.1 Å². The highest BCUT2D eigenvalue weighted by atomic mass is 19.4. The van der Waals surface area contributed by atoms with Crippen molar-refractivity contribution in [1.29, 1.82) is 0 Å². The Labute approximate surface area is 118 Å². The van der Waals surface area contributed by atoms with E-state index in [1.807, 2.05) is 0 Å². The summed E-state index contributed by atoms with van der Waals surface area (Å²) in [5, 5.41) is 3.87. The third-order valence-corrected chi connectivity index (χ3v) is 2.64. The number of rotatable bonds is 3. The summed E-state index contributed by atoms with van der Waals surface area (Å²) in [5.74, 6) is -0.646. The highest BCUT2D eigenvalue weighted by molar-refractivity contribution is 5.88. The third kappa shape index (κ3) is 3.15. The van der Waals surface area contributed by atoms with Crippen molar-refractivity contribution in [2.24, 2.45) is 0 Å². The number of ether oxygens (including phenoxy) is 1. The molecule has 1 heterocycles. The van der Waals surface area contributed by atoms with Crippen LogP contribution in [0.1, 0.15) is 23.0 Å². The van der Waals surface area contributed by atoms with E-state index in [0.29, 0.717) is 0 Å². The Morgan fingerprint density at radius 2 is 2.10 bits per heavy atom. The number of nitrogens with zero attached hydrogens (tertiary/aromatic N) is 2. The van der Waals surface area contributed by atoms with Crippen molar-refractivity contribution in [3.63, 3.8) is 0 Å². The Morgan fingerprint density at radius 1 is 1.38 bits per heavy atom. The number of benzene rings is 1. The second-order valence-corrected chi connectivity index (χ2v) is 4.13. The van der Waals surface area contributed by atoms with Crippen molar-refractivity contribution in [2.45, 2.75) is 13.1 Å². The van der Waals surface area contributed by atoms with E-state index in [-0.39, 0.29) is 23.8 Å². The predicted octanol–water partition coefficient (Wildman–Crippen LogP) is 2.65. The zero-order chi connectivity index (χ0) is 15.6. The summed E-state index contributed by atoms with van der Waals surface area (Å²) in [5.41, 5.74) is 4.90. The van der Waals surface area contributed by atoms with Gasteiger partial charge in [0.2, 0.25) is 0 Å². The number of nitrogens with two attached hydrogens (primary N) is 1. The molecule has 112 valence electrons. The first-order valence-electron chi connectivity index (χ1n) is 6.03. The van der Waals surface area contributed by atoms with Gasteiger partial charge in [0.25, 0.3) is 0 Å². The molecule has 0 radical (unpaired) electrons. The van der Waals surface area contributed by atoms with Gasteiger partial charge in [-0.3, -0.25) is 0 Å². The number of alkyl halides is 3. The number of carbonyl (C=O) groups excluding carboxylic acids is 1. The van der Waals surface area contributed by atoms with Crippen molar-refractivity contribution in [3.8, 4) is 5.69 Å². The van der Waals surface area contributed by atoms with Crippen molar-refractivity contribution in [1.82, 2.24) is 9.78 Å². The molecule has 2 N–H and O–H groups in total. The summed E-state index contributed by atoms with van der Waals surface area (Å²) in [6.07, 6.45) is -4.47. The Kier molecular flexibility index (Phi) is 3.88. The molecule has 2 aromatic rings. The summed E-state index contributed by atoms with van der Waals surface area (Å²) in [6, 6.07) is 5.74. The Hall–Kier alpha value is -2.51. The van der Waals surface area contributed by atoms with Crippen molar-refractivity contribution < 1.29 is 22.7 Å². The van der Waals surface area contributed by atoms with Gasteiger partial charge in [-0.1, -0.05) is 6.07 Å². The third-order valence-electron chi connectivity index (χ3n) is 2.64. The van der Waals surface area contributed by atoms with Gasteiger partial charge >= 0.3 is 12.1 Å². The number of carbonyl (C=O) groups is 1. The smallest absolute Gasteiger partial charge is 0.416 e. The first kappa shape index (κ1) is 14.9. The van der Waals surface area contributed by atoms with Crippen LogP contribution in [0.25, 0.3) is 5.69 Å². The molecule has 0 fully saturated rings. The molecule has 0 saturated carbocycles. The van der Waals surface area contributed by atoms with Crippen LogP contribution in [-0.4, -0.2) is 22.4 Å². The van der Waals surface area contributed by atoms with E-state index in [2.05, 4.69) is 5.10 Å². The Bertz CT molecular complexity index is 665. The lowest BCUT2D eigenvalue weighted by Crippen LogP contribution is -2.09. The molecule has 0 saturated heterocycles. The zero-order valence-corrected chi connectivity index (χ0v) is 11.0. The maximum atomic E-state index is 12.7. The molecule has 21 heavy (non-hydrogen) atoms. The van der Waals surface area contributed by atoms with Gasteiger partial charge in [-0.25, -0.2) is 9.48 Å². The molecule has 0 bridgehead atoms. The highest BCUT2D eigenvalue weighted by Gasteiger charge is 2.30. The molecular weight excluding hydrogens is 287 g/mol. The van der Waals surface area contributed by atoms with Crippen LogP contribution >= 0.6 is 0 Å². The van der Waals surface area contributed by atoms with Gasteiger partial charge in [0.15, 0.2) is 5.69 Å². The minimum absolute atomic E-state index is 0.0392. The first-order chi connectivity index (χ1) is 9.82. The minimum Gasteiger partial charge on any atom is -0.461 e. The number of anilines is 1. The fourth-order valence-corrected chi connectivity index (χ4v) is 1.72. The molecule has 0 amide bonds. The second kappa shape index (κ2) is 5.47. The average molecular weight is 299 g/mol. The molecular formula is C13H12F3N3O2. The summed E-state index contributed by atoms with van der Waals surface area (Å²) < 4.78 is 43.9. The summed E-state index contributed by atoms with van der Waals surface area (Å²) >= 11 is 0. The average Bonchev–Trinajstić information content (AvgIpc) is 2.80. The van der Waals surface area contributed by atoms with Gasteiger partial charge in [-0.15, -0.1) is 0 Å². The van der Waals surface area contributed by atoms with Gasteiger partial charge < -0.3 is 10.5 Å². The van der Waals surface area contributed by atoms with Crippen LogP contribution in [0, 0.1) is 0 Å². The molecule has 2 rings (SSSR count). The molecule has 1 aromatic carbocycles. The quantitative estimate of drug-likeness (QED) is 0.885. The predicted molar refractivity (Wildman–Crippen MR) is 68.9 cm³/mol. The summed E-state index contributed by atoms with van der Waals surface area (Å²) in [6.45, 7) is 1.79. The van der Waals surface area contributed by atoms with Gasteiger partial charge in [0.05, 0.1) is 17.9 Å². The van der Waals surface area contributed by atoms with Gasteiger partial charge in [-0.2, -0.15) is 18.3 Å². The largest absolute Gasteiger partial charge is 0.461 e. The van der Waals surface area contributed by atoms with Gasteiger partial charge in [0.1, 0.15) is 5.82 Å². The lowest BCUT2D eigenvalue weighted by atomic mass is 10.2. The van der Waals surface area contributed by atoms with E-state index in [0.717, 1.165) is 16.8 Å². The van der Waals surface area contributed by atoms with Crippen molar-refractivity contribution >= 4 is 11.8 Å². The number of hydrogen-bond acceptors (Lipinski definition) is 4. The number of hydrogen-bond donors (Lipinski definition) is 1. The topological polar surface area (TPSA) is 70.1 Å². The van der Waals surface area contributed by atoms with E-state index < -0.39 is 17.7 Å². The maximum Gasteiger partial charge on any atom is 0.416 e. The molecule has 0 unspecified atom stereocenters. The van der Waals surface area contributed by atoms with Crippen LogP contribution in [0.15, 0.2) is 30.3 Å². The Morgan fingerprint density at radius 3 is 2.71 bits per heavy atom. The monoisotopic (exact) mass is 299 g/mol. The van der Waals surface area contributed by atoms with Crippen LogP contribution < -0.4 is 5.73 Å². The van der Waals surface area contributed by atoms with Gasteiger partial charge in [0, 0.05) is 6.07 Å². The molecule has 0 aliphatic carbocycles. The van der Waals surface area contributed by atoms with E-state index >= 15 is 0 Å². The minimum atomic E-state index is -4.47. The van der Waals surface area contributed by atoms with E-state index in [1.54, 1.807) is 6.92 Å². The number of aromatic nitrogens is 2.